The van der Waals surface area contributed by atoms with E-state index in [4.69, 9.17) is 9.47 Å². The van der Waals surface area contributed by atoms with Gasteiger partial charge in [-0.15, -0.1) is 0 Å². The summed E-state index contributed by atoms with van der Waals surface area (Å²) in [5.74, 6) is -2.87. The number of carbonyl (C=O) groups is 1. The average molecular weight is 532 g/mol. The molecule has 0 unspecified atom stereocenters. The Bertz CT molecular complexity index is 1370. The number of nitrogens with zero attached hydrogens (tertiary/aromatic N) is 1. The molecule has 0 atom stereocenters. The van der Waals surface area contributed by atoms with Crippen LogP contribution in [-0.4, -0.2) is 63.8 Å². The Hall–Kier alpha value is -3.34. The molecule has 0 aliphatic carbocycles. The van der Waals surface area contributed by atoms with Crippen molar-refractivity contribution in [3.05, 3.63) is 83.4 Å². The first-order valence-corrected chi connectivity index (χ1v) is 13.5. The monoisotopic (exact) mass is 531 g/mol. The number of esters is 1. The number of hydrogen-bond acceptors (Lipinski definition) is 7. The molecule has 0 aromatic heterocycles. The van der Waals surface area contributed by atoms with Crippen LogP contribution >= 0.6 is 0 Å². The maximum absolute atomic E-state index is 14.2. The maximum Gasteiger partial charge on any atom is 0.341 e. The number of phenolic OH excluding ortho intramolecular Hbond substituents is 1. The van der Waals surface area contributed by atoms with Crippen LogP contribution in [0.4, 0.5) is 8.78 Å². The normalized spacial score (nSPS) is 14.4. The molecule has 37 heavy (non-hydrogen) atoms. The number of halogens is 2. The highest BCUT2D eigenvalue weighted by molar-refractivity contribution is 7.90. The van der Waals surface area contributed by atoms with Gasteiger partial charge in [0.2, 0.25) is 0 Å². The fraction of sp³-hybridized carbons (Fsp3) is 0.296. The van der Waals surface area contributed by atoms with Gasteiger partial charge in [0.05, 0.1) is 30.5 Å². The van der Waals surface area contributed by atoms with E-state index in [2.05, 4.69) is 4.90 Å². The molecule has 1 N–H and O–H groups in total. The zero-order valence-electron chi connectivity index (χ0n) is 20.0. The smallest absolute Gasteiger partial charge is 0.341 e. The molecular weight excluding hydrogens is 504 g/mol. The van der Waals surface area contributed by atoms with Crippen molar-refractivity contribution in [2.45, 2.75) is 17.1 Å². The van der Waals surface area contributed by atoms with Crippen molar-refractivity contribution >= 4 is 15.8 Å². The number of phenols is 1. The fourth-order valence-corrected chi connectivity index (χ4v) is 5.45. The molecule has 3 aromatic rings. The predicted molar refractivity (Wildman–Crippen MR) is 133 cm³/mol. The summed E-state index contributed by atoms with van der Waals surface area (Å²) < 4.78 is 64.4. The van der Waals surface area contributed by atoms with Crippen LogP contribution in [0.25, 0.3) is 11.1 Å². The molecular formula is C27H27F2NO6S. The van der Waals surface area contributed by atoms with E-state index in [0.29, 0.717) is 19.6 Å². The number of sulfone groups is 1. The predicted octanol–water partition coefficient (Wildman–Crippen LogP) is 4.19. The number of benzene rings is 3. The Morgan fingerprint density at radius 2 is 1.81 bits per heavy atom. The van der Waals surface area contributed by atoms with E-state index in [1.165, 1.54) is 42.5 Å². The second kappa shape index (κ2) is 11.8. The number of rotatable bonds is 9. The molecule has 196 valence electrons. The van der Waals surface area contributed by atoms with Crippen molar-refractivity contribution in [3.8, 4) is 16.9 Å². The summed E-state index contributed by atoms with van der Waals surface area (Å²) in [6, 6.07) is 12.5. The molecule has 4 rings (SSSR count). The van der Waals surface area contributed by atoms with E-state index in [9.17, 15) is 27.1 Å². The zero-order valence-corrected chi connectivity index (χ0v) is 20.8. The van der Waals surface area contributed by atoms with Gasteiger partial charge >= 0.3 is 5.97 Å². The quantitative estimate of drug-likeness (QED) is 0.327. The third-order valence-corrected chi connectivity index (χ3v) is 7.71. The Kier molecular flexibility index (Phi) is 8.52. The second-order valence-electron chi connectivity index (χ2n) is 8.71. The van der Waals surface area contributed by atoms with E-state index in [1.807, 2.05) is 0 Å². The van der Waals surface area contributed by atoms with Gasteiger partial charge in [0.1, 0.15) is 22.9 Å². The lowest BCUT2D eigenvalue weighted by Gasteiger charge is -2.26. The third kappa shape index (κ3) is 6.91. The number of hydrogen-bond donors (Lipinski definition) is 1. The highest BCUT2D eigenvalue weighted by Crippen LogP contribution is 2.28. The van der Waals surface area contributed by atoms with E-state index in [0.717, 1.165) is 37.8 Å². The molecule has 0 saturated carbocycles. The lowest BCUT2D eigenvalue weighted by molar-refractivity contribution is 0.0297. The van der Waals surface area contributed by atoms with Crippen LogP contribution < -0.4 is 0 Å². The number of ether oxygens (including phenoxy) is 2. The largest absolute Gasteiger partial charge is 0.507 e. The standard InChI is InChI=1S/C27H27F2NO6S/c28-21-6-8-25(29)24(17-21)20-3-1-4-22(16-20)37(33,34)18-19-5-7-23(26(31)15-19)27(32)36-12-2-9-30-10-13-35-14-11-30/h1,3-8,15-17,31H,2,9-14,18H2. The summed E-state index contributed by atoms with van der Waals surface area (Å²) in [5.41, 5.74) is 0.356. The molecule has 0 spiro atoms. The van der Waals surface area contributed by atoms with Crippen LogP contribution in [0, 0.1) is 11.6 Å². The van der Waals surface area contributed by atoms with Crippen molar-refractivity contribution < 1.29 is 36.6 Å². The first-order chi connectivity index (χ1) is 17.7. The summed E-state index contributed by atoms with van der Waals surface area (Å²) in [6.45, 7) is 4.01. The Morgan fingerprint density at radius 3 is 2.57 bits per heavy atom. The SMILES string of the molecule is O=C(OCCCN1CCOCC1)c1ccc(CS(=O)(=O)c2cccc(-c3cc(F)ccc3F)c2)cc1O. The van der Waals surface area contributed by atoms with Crippen LogP contribution in [0.3, 0.4) is 0 Å². The molecule has 0 bridgehead atoms. The van der Waals surface area contributed by atoms with Crippen LogP contribution in [0.15, 0.2) is 65.6 Å². The first kappa shape index (κ1) is 26.7. The number of morpholine rings is 1. The van der Waals surface area contributed by atoms with Gasteiger partial charge in [-0.1, -0.05) is 18.2 Å². The number of aromatic hydroxyl groups is 1. The summed E-state index contributed by atoms with van der Waals surface area (Å²) in [4.78, 5) is 14.5. The van der Waals surface area contributed by atoms with Crippen LogP contribution in [0.2, 0.25) is 0 Å². The van der Waals surface area contributed by atoms with Crippen molar-refractivity contribution in [2.75, 3.05) is 39.5 Å². The van der Waals surface area contributed by atoms with E-state index >= 15 is 0 Å². The Balaban J connectivity index is 1.40. The van der Waals surface area contributed by atoms with E-state index in [1.54, 1.807) is 0 Å². The summed E-state index contributed by atoms with van der Waals surface area (Å²) in [6.07, 6.45) is 0.640. The lowest BCUT2D eigenvalue weighted by atomic mass is 10.1. The molecule has 7 nitrogen and oxygen atoms in total. The van der Waals surface area contributed by atoms with Gasteiger partial charge in [-0.25, -0.2) is 22.0 Å². The first-order valence-electron chi connectivity index (χ1n) is 11.8. The summed E-state index contributed by atoms with van der Waals surface area (Å²) in [7, 11) is -3.90. The number of carbonyl (C=O) groups excluding carboxylic acids is 1. The van der Waals surface area contributed by atoms with E-state index < -0.39 is 33.2 Å². The van der Waals surface area contributed by atoms with Gasteiger partial charge in [-0.2, -0.15) is 0 Å². The molecule has 1 aliphatic heterocycles. The topological polar surface area (TPSA) is 93.1 Å². The molecule has 1 aliphatic rings. The van der Waals surface area contributed by atoms with Crippen molar-refractivity contribution in [3.63, 3.8) is 0 Å². The Morgan fingerprint density at radius 1 is 1.03 bits per heavy atom. The molecule has 3 aromatic carbocycles. The van der Waals surface area contributed by atoms with Crippen molar-refractivity contribution in [1.29, 1.82) is 0 Å². The lowest BCUT2D eigenvalue weighted by Crippen LogP contribution is -2.37. The molecule has 0 amide bonds. The van der Waals surface area contributed by atoms with Gasteiger partial charge in [0.25, 0.3) is 0 Å². The van der Waals surface area contributed by atoms with Gasteiger partial charge in [0, 0.05) is 25.2 Å². The Labute approximate surface area is 214 Å². The molecule has 1 fully saturated rings. The minimum Gasteiger partial charge on any atom is -0.507 e. The second-order valence-corrected chi connectivity index (χ2v) is 10.7. The molecule has 1 saturated heterocycles. The molecule has 1 heterocycles. The van der Waals surface area contributed by atoms with E-state index in [-0.39, 0.29) is 39.5 Å². The van der Waals surface area contributed by atoms with Crippen LogP contribution in [0.1, 0.15) is 22.3 Å². The molecule has 0 radical (unpaired) electrons. The van der Waals surface area contributed by atoms with Crippen molar-refractivity contribution in [2.24, 2.45) is 0 Å². The van der Waals surface area contributed by atoms with Crippen LogP contribution in [-0.2, 0) is 25.1 Å². The fourth-order valence-electron chi connectivity index (χ4n) is 4.07. The highest BCUT2D eigenvalue weighted by Gasteiger charge is 2.20. The summed E-state index contributed by atoms with van der Waals surface area (Å²) >= 11 is 0. The third-order valence-electron chi connectivity index (χ3n) is 6.03. The van der Waals surface area contributed by atoms with Gasteiger partial charge < -0.3 is 14.6 Å². The molecule has 10 heteroatoms. The minimum absolute atomic E-state index is 0.0532. The maximum atomic E-state index is 14.2. The van der Waals surface area contributed by atoms with Crippen LogP contribution in [0.5, 0.6) is 5.75 Å². The van der Waals surface area contributed by atoms with Gasteiger partial charge in [-0.3, -0.25) is 4.90 Å². The van der Waals surface area contributed by atoms with Gasteiger partial charge in [-0.05, 0) is 60.0 Å². The zero-order chi connectivity index (χ0) is 26.4. The summed E-state index contributed by atoms with van der Waals surface area (Å²) in [5, 5.41) is 10.3. The van der Waals surface area contributed by atoms with Gasteiger partial charge in [0.15, 0.2) is 9.84 Å². The highest BCUT2D eigenvalue weighted by atomic mass is 32.2. The van der Waals surface area contributed by atoms with Crippen molar-refractivity contribution in [1.82, 2.24) is 4.90 Å². The average Bonchev–Trinajstić information content (AvgIpc) is 2.88. The minimum atomic E-state index is -3.90.